The Balaban J connectivity index is 1.71. The largest absolute Gasteiger partial charge is 0.490 e. The molecule has 2 aliphatic rings. The van der Waals surface area contributed by atoms with E-state index in [1.165, 1.54) is 12.4 Å². The van der Waals surface area contributed by atoms with Gasteiger partial charge in [-0.1, -0.05) is 13.8 Å². The summed E-state index contributed by atoms with van der Waals surface area (Å²) in [6.07, 6.45) is 7.92. The fourth-order valence-electron chi connectivity index (χ4n) is 3.79. The quantitative estimate of drug-likeness (QED) is 0.601. The van der Waals surface area contributed by atoms with Crippen molar-refractivity contribution in [1.29, 1.82) is 5.26 Å². The highest BCUT2D eigenvalue weighted by Crippen LogP contribution is 2.45. The summed E-state index contributed by atoms with van der Waals surface area (Å²) < 4.78 is 5.74. The first kappa shape index (κ1) is 19.0. The molecule has 3 rings (SSSR count). The molecule has 1 aromatic heterocycles. The van der Waals surface area contributed by atoms with Gasteiger partial charge in [-0.15, -0.1) is 0 Å². The van der Waals surface area contributed by atoms with Crippen LogP contribution in [0.15, 0.2) is 24.8 Å². The maximum atomic E-state index is 13.3. The summed E-state index contributed by atoms with van der Waals surface area (Å²) in [5.41, 5.74) is 6.05. The van der Waals surface area contributed by atoms with Crippen molar-refractivity contribution in [2.45, 2.75) is 39.3 Å². The van der Waals surface area contributed by atoms with Gasteiger partial charge in [-0.2, -0.15) is 5.26 Å². The van der Waals surface area contributed by atoms with E-state index in [-0.39, 0.29) is 17.9 Å². The van der Waals surface area contributed by atoms with Crippen molar-refractivity contribution >= 4 is 5.91 Å². The second-order valence-electron chi connectivity index (χ2n) is 7.69. The normalized spacial score (nSPS) is 22.2. The van der Waals surface area contributed by atoms with Gasteiger partial charge < -0.3 is 20.4 Å². The summed E-state index contributed by atoms with van der Waals surface area (Å²) in [4.78, 5) is 19.2. The maximum absolute atomic E-state index is 13.3. The summed E-state index contributed by atoms with van der Waals surface area (Å²) >= 11 is 0. The van der Waals surface area contributed by atoms with Gasteiger partial charge in [-0.05, 0) is 18.8 Å². The Kier molecular flexibility index (Phi) is 5.24. The van der Waals surface area contributed by atoms with E-state index in [0.717, 1.165) is 18.4 Å². The Morgan fingerprint density at radius 2 is 2.22 bits per heavy atom. The van der Waals surface area contributed by atoms with Gasteiger partial charge >= 0.3 is 0 Å². The molecule has 0 bridgehead atoms. The Hall–Kier alpha value is -2.79. The van der Waals surface area contributed by atoms with Crippen LogP contribution in [-0.4, -0.2) is 40.0 Å². The first-order chi connectivity index (χ1) is 12.9. The van der Waals surface area contributed by atoms with E-state index in [1.807, 2.05) is 18.7 Å². The van der Waals surface area contributed by atoms with E-state index >= 15 is 0 Å². The van der Waals surface area contributed by atoms with Crippen LogP contribution in [0, 0.1) is 22.7 Å². The molecule has 8 heteroatoms. The molecular formula is C19H26N6O2. The second-order valence-corrected chi connectivity index (χ2v) is 7.69. The van der Waals surface area contributed by atoms with E-state index in [0.29, 0.717) is 31.0 Å². The summed E-state index contributed by atoms with van der Waals surface area (Å²) in [7, 11) is 0. The Morgan fingerprint density at radius 3 is 2.89 bits per heavy atom. The number of hydrogen-bond donors (Lipinski definition) is 2. The number of hydrazine groups is 1. The van der Waals surface area contributed by atoms with Crippen molar-refractivity contribution in [3.8, 4) is 11.8 Å². The zero-order valence-corrected chi connectivity index (χ0v) is 15.8. The molecule has 8 nitrogen and oxygen atoms in total. The molecule has 0 atom stereocenters. The monoisotopic (exact) mass is 370 g/mol. The summed E-state index contributed by atoms with van der Waals surface area (Å²) in [6, 6.07) is 2.30. The van der Waals surface area contributed by atoms with Gasteiger partial charge in [0.05, 0.1) is 13.1 Å². The SMILES string of the molecule is CC(C)(C(=O)N1CCOc2c(C#N)cncc2C1)C1CC(N(N)/C=C\N)C1. The van der Waals surface area contributed by atoms with E-state index in [1.54, 1.807) is 17.4 Å². The second kappa shape index (κ2) is 7.45. The fraction of sp³-hybridized carbons (Fsp3) is 0.526. The number of carbonyl (C=O) groups excluding carboxylic acids is 1. The molecule has 0 unspecified atom stereocenters. The van der Waals surface area contributed by atoms with Crippen molar-refractivity contribution in [3.05, 3.63) is 35.9 Å². The van der Waals surface area contributed by atoms with Crippen LogP contribution in [0.25, 0.3) is 0 Å². The molecule has 144 valence electrons. The lowest BCUT2D eigenvalue weighted by atomic mass is 9.64. The highest BCUT2D eigenvalue weighted by molar-refractivity contribution is 5.82. The van der Waals surface area contributed by atoms with Crippen LogP contribution in [-0.2, 0) is 11.3 Å². The van der Waals surface area contributed by atoms with E-state index < -0.39 is 5.41 Å². The maximum Gasteiger partial charge on any atom is 0.228 e. The molecule has 1 amide bonds. The fourth-order valence-corrected chi connectivity index (χ4v) is 3.79. The van der Waals surface area contributed by atoms with Crippen LogP contribution in [0.4, 0.5) is 0 Å². The van der Waals surface area contributed by atoms with Crippen molar-refractivity contribution < 1.29 is 9.53 Å². The number of nitriles is 1. The molecule has 0 spiro atoms. The standard InChI is InChI=1S/C19H26N6O2/c1-19(2,15-7-16(8-15)25(22)4-3-20)18(26)24-5-6-27-17-13(9-21)10-23-11-14(17)12-24/h3-4,10-11,15-16H,5-8,12,20,22H2,1-2H3/b4-3-. The molecule has 1 aromatic rings. The van der Waals surface area contributed by atoms with Crippen LogP contribution >= 0.6 is 0 Å². The minimum atomic E-state index is -0.505. The lowest BCUT2D eigenvalue weighted by Gasteiger charge is -2.48. The summed E-state index contributed by atoms with van der Waals surface area (Å²) in [5.74, 6) is 6.81. The summed E-state index contributed by atoms with van der Waals surface area (Å²) in [6.45, 7) is 5.23. The third kappa shape index (κ3) is 3.55. The van der Waals surface area contributed by atoms with Gasteiger partial charge in [0.15, 0.2) is 0 Å². The first-order valence-electron chi connectivity index (χ1n) is 9.09. The lowest BCUT2D eigenvalue weighted by molar-refractivity contribution is -0.147. The van der Waals surface area contributed by atoms with Crippen LogP contribution in [0.5, 0.6) is 5.75 Å². The average molecular weight is 370 g/mol. The number of pyridine rings is 1. The number of fused-ring (bicyclic) bond motifs is 1. The molecule has 4 N–H and O–H groups in total. The first-order valence-corrected chi connectivity index (χ1v) is 9.09. The van der Waals surface area contributed by atoms with Crippen molar-refractivity contribution in [2.24, 2.45) is 22.9 Å². The topological polar surface area (TPSA) is 121 Å². The van der Waals surface area contributed by atoms with Gasteiger partial charge in [-0.25, -0.2) is 5.84 Å². The Morgan fingerprint density at radius 1 is 1.48 bits per heavy atom. The van der Waals surface area contributed by atoms with Gasteiger partial charge in [0.1, 0.15) is 24.0 Å². The van der Waals surface area contributed by atoms with Gasteiger partial charge in [0.2, 0.25) is 5.91 Å². The Labute approximate surface area is 159 Å². The number of hydrogen-bond acceptors (Lipinski definition) is 7. The number of amides is 1. The smallest absolute Gasteiger partial charge is 0.228 e. The van der Waals surface area contributed by atoms with Crippen molar-refractivity contribution in [2.75, 3.05) is 13.2 Å². The highest BCUT2D eigenvalue weighted by Gasteiger charge is 2.47. The highest BCUT2D eigenvalue weighted by atomic mass is 16.5. The van der Waals surface area contributed by atoms with Crippen LogP contribution in [0.3, 0.4) is 0 Å². The number of rotatable bonds is 4. The molecule has 1 aliphatic heterocycles. The molecule has 2 heterocycles. The third-order valence-corrected chi connectivity index (χ3v) is 5.71. The zero-order valence-electron chi connectivity index (χ0n) is 15.8. The summed E-state index contributed by atoms with van der Waals surface area (Å²) in [5, 5.41) is 10.8. The molecule has 0 saturated heterocycles. The predicted octanol–water partition coefficient (Wildman–Crippen LogP) is 1.08. The minimum Gasteiger partial charge on any atom is -0.490 e. The van der Waals surface area contributed by atoms with Gasteiger partial charge in [0, 0.05) is 41.8 Å². The Bertz CT molecular complexity index is 779. The van der Waals surface area contributed by atoms with Crippen LogP contribution in [0.2, 0.25) is 0 Å². The van der Waals surface area contributed by atoms with E-state index in [9.17, 15) is 10.1 Å². The zero-order chi connectivity index (χ0) is 19.6. The molecular weight excluding hydrogens is 344 g/mol. The molecule has 27 heavy (non-hydrogen) atoms. The van der Waals surface area contributed by atoms with Crippen molar-refractivity contribution in [1.82, 2.24) is 14.9 Å². The predicted molar refractivity (Wildman–Crippen MR) is 99.5 cm³/mol. The molecule has 0 aromatic carbocycles. The number of ether oxygens (including phenoxy) is 1. The minimum absolute atomic E-state index is 0.0858. The molecule has 1 fully saturated rings. The average Bonchev–Trinajstić information content (AvgIpc) is 2.81. The molecule has 1 aliphatic carbocycles. The van der Waals surface area contributed by atoms with E-state index in [2.05, 4.69) is 11.1 Å². The molecule has 0 radical (unpaired) electrons. The number of aromatic nitrogens is 1. The lowest BCUT2D eigenvalue weighted by Crippen LogP contribution is -2.54. The van der Waals surface area contributed by atoms with E-state index in [4.69, 9.17) is 16.3 Å². The van der Waals surface area contributed by atoms with Crippen LogP contribution < -0.4 is 16.3 Å². The number of nitrogens with two attached hydrogens (primary N) is 2. The van der Waals surface area contributed by atoms with Gasteiger partial charge in [0.25, 0.3) is 0 Å². The third-order valence-electron chi connectivity index (χ3n) is 5.71. The number of carbonyl (C=O) groups is 1. The molecule has 1 saturated carbocycles. The van der Waals surface area contributed by atoms with Gasteiger partial charge in [-0.3, -0.25) is 9.78 Å². The van der Waals surface area contributed by atoms with Crippen LogP contribution in [0.1, 0.15) is 37.8 Å². The van der Waals surface area contributed by atoms with Crippen molar-refractivity contribution in [3.63, 3.8) is 0 Å². The number of nitrogens with zero attached hydrogens (tertiary/aromatic N) is 4.